The summed E-state index contributed by atoms with van der Waals surface area (Å²) in [5.41, 5.74) is 0.887. The van der Waals surface area contributed by atoms with Crippen LogP contribution in [-0.2, 0) is 20.9 Å². The monoisotopic (exact) mass is 321 g/mol. The van der Waals surface area contributed by atoms with Crippen molar-refractivity contribution in [3.63, 3.8) is 0 Å². The first-order chi connectivity index (χ1) is 11.1. The number of aliphatic hydroxyl groups is 1. The molecule has 1 unspecified atom stereocenters. The van der Waals surface area contributed by atoms with E-state index >= 15 is 0 Å². The van der Waals surface area contributed by atoms with Gasteiger partial charge in [-0.25, -0.2) is 4.79 Å². The van der Waals surface area contributed by atoms with Crippen molar-refractivity contribution in [1.29, 1.82) is 0 Å². The van der Waals surface area contributed by atoms with Gasteiger partial charge < -0.3 is 19.9 Å². The Kier molecular flexibility index (Phi) is 6.40. The fourth-order valence-corrected chi connectivity index (χ4v) is 2.40. The van der Waals surface area contributed by atoms with E-state index in [0.717, 1.165) is 18.4 Å². The zero-order valence-corrected chi connectivity index (χ0v) is 13.2. The van der Waals surface area contributed by atoms with Gasteiger partial charge in [0, 0.05) is 0 Å². The molecule has 0 aliphatic heterocycles. The van der Waals surface area contributed by atoms with Gasteiger partial charge in [-0.2, -0.15) is 0 Å². The van der Waals surface area contributed by atoms with E-state index in [9.17, 15) is 14.7 Å². The lowest BCUT2D eigenvalue weighted by atomic mass is 10.0. The van der Waals surface area contributed by atoms with Crippen LogP contribution in [0.25, 0.3) is 0 Å². The molecule has 0 bridgehead atoms. The third kappa shape index (κ3) is 5.90. The average molecular weight is 321 g/mol. The number of nitrogens with one attached hydrogen (secondary N) is 1. The number of hydrogen-bond donors (Lipinski definition) is 2. The number of carbonyl (C=O) groups excluding carboxylic acids is 2. The second-order valence-corrected chi connectivity index (χ2v) is 5.65. The lowest BCUT2D eigenvalue weighted by molar-refractivity contribution is -0.145. The zero-order chi connectivity index (χ0) is 16.7. The molecule has 1 aliphatic rings. The van der Waals surface area contributed by atoms with E-state index in [1.807, 2.05) is 30.3 Å². The summed E-state index contributed by atoms with van der Waals surface area (Å²) in [6.07, 6.45) is 0.153. The quantitative estimate of drug-likeness (QED) is 0.715. The maximum atomic E-state index is 11.9. The molecule has 0 heterocycles. The van der Waals surface area contributed by atoms with Crippen molar-refractivity contribution in [2.75, 3.05) is 6.61 Å². The fraction of sp³-hybridized carbons (Fsp3) is 0.529. The number of esters is 1. The Morgan fingerprint density at radius 2 is 1.96 bits per heavy atom. The van der Waals surface area contributed by atoms with Crippen molar-refractivity contribution in [1.82, 2.24) is 5.32 Å². The fourth-order valence-electron chi connectivity index (χ4n) is 2.40. The van der Waals surface area contributed by atoms with Crippen LogP contribution in [-0.4, -0.2) is 35.9 Å². The summed E-state index contributed by atoms with van der Waals surface area (Å²) in [6.45, 7) is 2.14. The normalized spacial score (nSPS) is 16.3. The third-order valence-corrected chi connectivity index (χ3v) is 3.72. The number of ether oxygens (including phenoxy) is 2. The molecule has 6 nitrogen and oxygen atoms in total. The van der Waals surface area contributed by atoms with Crippen LogP contribution in [0.3, 0.4) is 0 Å². The minimum atomic E-state index is -0.967. The molecular weight excluding hydrogens is 298 g/mol. The van der Waals surface area contributed by atoms with Crippen molar-refractivity contribution in [2.45, 2.75) is 44.9 Å². The largest absolute Gasteiger partial charge is 0.466 e. The number of alkyl carbamates (subject to hydrolysis) is 1. The molecule has 1 amide bonds. The molecule has 1 aliphatic carbocycles. The van der Waals surface area contributed by atoms with Gasteiger partial charge in [-0.3, -0.25) is 4.79 Å². The van der Waals surface area contributed by atoms with Crippen molar-refractivity contribution in [2.24, 2.45) is 5.92 Å². The molecule has 2 rings (SSSR count). The summed E-state index contributed by atoms with van der Waals surface area (Å²) < 4.78 is 9.99. The average Bonchev–Trinajstić information content (AvgIpc) is 3.36. The van der Waals surface area contributed by atoms with E-state index in [4.69, 9.17) is 9.47 Å². The number of amides is 1. The number of carbonyl (C=O) groups is 2. The summed E-state index contributed by atoms with van der Waals surface area (Å²) >= 11 is 0. The zero-order valence-electron chi connectivity index (χ0n) is 13.2. The van der Waals surface area contributed by atoms with Crippen LogP contribution in [0.1, 0.15) is 31.7 Å². The van der Waals surface area contributed by atoms with Gasteiger partial charge in [0.2, 0.25) is 0 Å². The molecule has 2 atom stereocenters. The second-order valence-electron chi connectivity index (χ2n) is 5.65. The van der Waals surface area contributed by atoms with Gasteiger partial charge in [0.25, 0.3) is 0 Å². The summed E-state index contributed by atoms with van der Waals surface area (Å²) in [6, 6.07) is 8.86. The standard InChI is InChI=1S/C17H23NO5/c1-2-22-15(20)10-14(19)16(13-8-9-13)18-17(21)23-11-12-6-4-3-5-7-12/h3-7,13-14,16,19H,2,8-11H2,1H3,(H,18,21)/t14?,16-/m0/s1. The Morgan fingerprint density at radius 1 is 1.26 bits per heavy atom. The molecule has 1 aromatic carbocycles. The van der Waals surface area contributed by atoms with E-state index in [0.29, 0.717) is 0 Å². The summed E-state index contributed by atoms with van der Waals surface area (Å²) in [4.78, 5) is 23.4. The number of hydrogen-bond acceptors (Lipinski definition) is 5. The highest BCUT2D eigenvalue weighted by Gasteiger charge is 2.38. The number of rotatable bonds is 8. The van der Waals surface area contributed by atoms with E-state index in [1.54, 1.807) is 6.92 Å². The SMILES string of the molecule is CCOC(=O)CC(O)[C@@H](NC(=O)OCc1ccccc1)C1CC1. The van der Waals surface area contributed by atoms with Crippen LogP contribution >= 0.6 is 0 Å². The molecule has 1 fully saturated rings. The molecule has 0 saturated heterocycles. The van der Waals surface area contributed by atoms with Crippen LogP contribution in [0.2, 0.25) is 0 Å². The Hall–Kier alpha value is -2.08. The topological polar surface area (TPSA) is 84.9 Å². The molecule has 23 heavy (non-hydrogen) atoms. The number of aliphatic hydroxyl groups excluding tert-OH is 1. The van der Waals surface area contributed by atoms with Gasteiger partial charge in [-0.15, -0.1) is 0 Å². The number of benzene rings is 1. The van der Waals surface area contributed by atoms with E-state index in [-0.39, 0.29) is 25.6 Å². The first kappa shape index (κ1) is 17.3. The molecule has 0 aromatic heterocycles. The predicted molar refractivity (Wildman–Crippen MR) is 83.5 cm³/mol. The summed E-state index contributed by atoms with van der Waals surface area (Å²) in [5.74, 6) is -0.284. The van der Waals surface area contributed by atoms with Gasteiger partial charge in [0.1, 0.15) is 6.61 Å². The smallest absolute Gasteiger partial charge is 0.407 e. The van der Waals surface area contributed by atoms with Crippen LogP contribution in [0.5, 0.6) is 0 Å². The first-order valence-corrected chi connectivity index (χ1v) is 7.91. The van der Waals surface area contributed by atoms with E-state index in [1.165, 1.54) is 0 Å². The van der Waals surface area contributed by atoms with Gasteiger partial charge in [0.15, 0.2) is 0 Å². The second kappa shape index (κ2) is 8.53. The van der Waals surface area contributed by atoms with Gasteiger partial charge in [-0.1, -0.05) is 30.3 Å². The summed E-state index contributed by atoms with van der Waals surface area (Å²) in [7, 11) is 0. The predicted octanol–water partition coefficient (Wildman–Crippen LogP) is 2.01. The molecule has 1 saturated carbocycles. The van der Waals surface area contributed by atoms with Crippen LogP contribution < -0.4 is 5.32 Å². The Morgan fingerprint density at radius 3 is 2.57 bits per heavy atom. The molecule has 126 valence electrons. The Labute approximate surface area is 135 Å². The third-order valence-electron chi connectivity index (χ3n) is 3.72. The minimum absolute atomic E-state index is 0.131. The highest BCUT2D eigenvalue weighted by Crippen LogP contribution is 2.34. The lowest BCUT2D eigenvalue weighted by Gasteiger charge is -2.23. The molecular formula is C17H23NO5. The van der Waals surface area contributed by atoms with Crippen molar-refractivity contribution in [3.8, 4) is 0 Å². The Balaban J connectivity index is 1.81. The molecule has 0 radical (unpaired) electrons. The highest BCUT2D eigenvalue weighted by molar-refractivity contribution is 5.71. The maximum absolute atomic E-state index is 11.9. The van der Waals surface area contributed by atoms with Gasteiger partial charge >= 0.3 is 12.1 Å². The van der Waals surface area contributed by atoms with Crippen molar-refractivity contribution in [3.05, 3.63) is 35.9 Å². The van der Waals surface area contributed by atoms with Crippen LogP contribution in [0.4, 0.5) is 4.79 Å². The lowest BCUT2D eigenvalue weighted by Crippen LogP contribution is -2.46. The van der Waals surface area contributed by atoms with Crippen LogP contribution in [0.15, 0.2) is 30.3 Å². The Bertz CT molecular complexity index is 515. The van der Waals surface area contributed by atoms with Gasteiger partial charge in [0.05, 0.1) is 25.2 Å². The van der Waals surface area contributed by atoms with Crippen molar-refractivity contribution < 1.29 is 24.2 Å². The summed E-state index contributed by atoms with van der Waals surface area (Å²) in [5, 5.41) is 12.9. The van der Waals surface area contributed by atoms with E-state index < -0.39 is 24.2 Å². The maximum Gasteiger partial charge on any atom is 0.407 e. The van der Waals surface area contributed by atoms with E-state index in [2.05, 4.69) is 5.32 Å². The molecule has 2 N–H and O–H groups in total. The highest BCUT2D eigenvalue weighted by atomic mass is 16.5. The molecule has 0 spiro atoms. The molecule has 6 heteroatoms. The van der Waals surface area contributed by atoms with Crippen LogP contribution in [0, 0.1) is 5.92 Å². The minimum Gasteiger partial charge on any atom is -0.466 e. The van der Waals surface area contributed by atoms with Gasteiger partial charge in [-0.05, 0) is 31.2 Å². The first-order valence-electron chi connectivity index (χ1n) is 7.91. The van der Waals surface area contributed by atoms with Crippen molar-refractivity contribution >= 4 is 12.1 Å². The molecule has 1 aromatic rings.